The van der Waals surface area contributed by atoms with Gasteiger partial charge in [-0.05, 0) is 26.2 Å². The minimum Gasteiger partial charge on any atom is -0.478 e. The number of carbonyl (C=O) groups is 1. The summed E-state index contributed by atoms with van der Waals surface area (Å²) in [7, 11) is 0. The molecule has 134 valence electrons. The van der Waals surface area contributed by atoms with E-state index in [2.05, 4.69) is 27.4 Å². The van der Waals surface area contributed by atoms with Crippen molar-refractivity contribution < 1.29 is 46.9 Å². The van der Waals surface area contributed by atoms with E-state index in [4.69, 9.17) is 20.4 Å². The Hall–Kier alpha value is -0.196. The molecule has 0 radical (unpaired) electrons. The van der Waals surface area contributed by atoms with Crippen LogP contribution in [-0.2, 0) is 26.5 Å². The Kier molecular flexibility index (Phi) is 56.6. The Bertz CT molecular complexity index is 167. The zero-order valence-electron chi connectivity index (χ0n) is 14.8. The summed E-state index contributed by atoms with van der Waals surface area (Å²) in [6.07, 6.45) is 6.11. The van der Waals surface area contributed by atoms with Gasteiger partial charge in [0.1, 0.15) is 0 Å². The molecule has 0 saturated carbocycles. The first-order valence-electron chi connectivity index (χ1n) is 7.60. The molecule has 0 aliphatic heterocycles. The second kappa shape index (κ2) is 37.2. The molecule has 0 aromatic rings. The van der Waals surface area contributed by atoms with Crippen molar-refractivity contribution in [3.63, 3.8) is 0 Å². The van der Waals surface area contributed by atoms with Crippen molar-refractivity contribution in [2.75, 3.05) is 19.8 Å². The molecule has 0 aromatic heterocycles. The van der Waals surface area contributed by atoms with Crippen molar-refractivity contribution in [3.8, 4) is 0 Å². The van der Waals surface area contributed by atoms with Crippen LogP contribution in [0.3, 0.4) is 0 Å². The molecule has 0 rings (SSSR count). The van der Waals surface area contributed by atoms with Crippen molar-refractivity contribution >= 4 is 5.97 Å². The van der Waals surface area contributed by atoms with E-state index in [1.54, 1.807) is 0 Å². The quantitative estimate of drug-likeness (QED) is 0.415. The van der Waals surface area contributed by atoms with Gasteiger partial charge in [-0.2, -0.15) is 0 Å². The Morgan fingerprint density at radius 3 is 1.00 bits per heavy atom. The summed E-state index contributed by atoms with van der Waals surface area (Å²) in [4.78, 5) is 9.60. The van der Waals surface area contributed by atoms with Crippen LogP contribution in [0.2, 0.25) is 0 Å². The predicted octanol–water partition coefficient (Wildman–Crippen LogP) is 2.98. The maximum atomic E-state index is 9.60. The second-order valence-electron chi connectivity index (χ2n) is 4.32. The van der Waals surface area contributed by atoms with Gasteiger partial charge >= 0.3 is 5.97 Å². The van der Waals surface area contributed by atoms with Gasteiger partial charge in [-0.15, -0.1) is 0 Å². The first-order chi connectivity index (χ1) is 9.89. The summed E-state index contributed by atoms with van der Waals surface area (Å²) in [6.45, 7) is 11.8. The van der Waals surface area contributed by atoms with Crippen LogP contribution in [-0.4, -0.2) is 46.2 Å². The summed E-state index contributed by atoms with van der Waals surface area (Å²) >= 11 is 0. The smallest absolute Gasteiger partial charge is 0.330 e. The Morgan fingerprint density at radius 2 is 1.00 bits per heavy atom. The van der Waals surface area contributed by atoms with Crippen molar-refractivity contribution in [1.29, 1.82) is 0 Å². The van der Waals surface area contributed by atoms with Crippen molar-refractivity contribution in [2.24, 2.45) is 0 Å². The number of carboxylic acid groups (broad SMARTS) is 1. The fourth-order valence-electron chi connectivity index (χ4n) is 0.474. The van der Waals surface area contributed by atoms with Crippen LogP contribution in [0.4, 0.5) is 0 Å². The van der Waals surface area contributed by atoms with E-state index in [1.165, 1.54) is 6.92 Å². The number of aliphatic carboxylic acids is 1. The monoisotopic (exact) mass is 356 g/mol. The normalized spacial score (nSPS) is 7.77. The van der Waals surface area contributed by atoms with Gasteiger partial charge in [0.2, 0.25) is 0 Å². The van der Waals surface area contributed by atoms with E-state index >= 15 is 0 Å². The zero-order valence-corrected chi connectivity index (χ0v) is 16.3. The minimum atomic E-state index is -0.935. The topological polar surface area (TPSA) is 98.0 Å². The summed E-state index contributed by atoms with van der Waals surface area (Å²) in [5.41, 5.74) is 0.176. The SMILES string of the molecule is C=C(C)C(=O)O.CCCCO.CCCCO.CCCCO.[Ti]. The third-order valence-corrected chi connectivity index (χ3v) is 1.90. The molecule has 0 fully saturated rings. The molecule has 0 saturated heterocycles. The van der Waals surface area contributed by atoms with Crippen LogP contribution in [0, 0.1) is 0 Å². The Morgan fingerprint density at radius 1 is 0.818 bits per heavy atom. The van der Waals surface area contributed by atoms with Crippen LogP contribution in [0.25, 0.3) is 0 Å². The average Bonchev–Trinajstić information content (AvgIpc) is 2.43. The van der Waals surface area contributed by atoms with E-state index in [1.807, 2.05) is 0 Å². The van der Waals surface area contributed by atoms with Gasteiger partial charge in [-0.1, -0.05) is 46.6 Å². The van der Waals surface area contributed by atoms with E-state index in [-0.39, 0.29) is 27.3 Å². The molecule has 0 aliphatic rings. The van der Waals surface area contributed by atoms with E-state index in [0.717, 1.165) is 38.5 Å². The fraction of sp³-hybridized carbons (Fsp3) is 0.812. The molecule has 5 nitrogen and oxygen atoms in total. The van der Waals surface area contributed by atoms with Gasteiger partial charge in [-0.3, -0.25) is 0 Å². The summed E-state index contributed by atoms with van der Waals surface area (Å²) in [6, 6.07) is 0. The van der Waals surface area contributed by atoms with Crippen molar-refractivity contribution in [3.05, 3.63) is 12.2 Å². The van der Waals surface area contributed by atoms with Crippen LogP contribution in [0.5, 0.6) is 0 Å². The molecule has 4 N–H and O–H groups in total. The van der Waals surface area contributed by atoms with Gasteiger partial charge in [0, 0.05) is 47.1 Å². The molecule has 0 bridgehead atoms. The van der Waals surface area contributed by atoms with Crippen molar-refractivity contribution in [2.45, 2.75) is 66.2 Å². The van der Waals surface area contributed by atoms with E-state index in [9.17, 15) is 4.79 Å². The number of hydrogen-bond acceptors (Lipinski definition) is 4. The van der Waals surface area contributed by atoms with Gasteiger partial charge in [-0.25, -0.2) is 4.79 Å². The molecule has 0 aromatic carbocycles. The van der Waals surface area contributed by atoms with Gasteiger partial charge in [0.25, 0.3) is 0 Å². The first-order valence-corrected chi connectivity index (χ1v) is 7.60. The van der Waals surface area contributed by atoms with E-state index < -0.39 is 5.97 Å². The summed E-state index contributed by atoms with van der Waals surface area (Å²) < 4.78 is 0. The molecule has 6 heteroatoms. The fourth-order valence-corrected chi connectivity index (χ4v) is 0.474. The van der Waals surface area contributed by atoms with Gasteiger partial charge in [0.05, 0.1) is 0 Å². The number of aliphatic hydroxyl groups is 3. The third-order valence-electron chi connectivity index (χ3n) is 1.90. The van der Waals surface area contributed by atoms with Gasteiger partial charge < -0.3 is 20.4 Å². The van der Waals surface area contributed by atoms with Crippen LogP contribution in [0.1, 0.15) is 66.2 Å². The molecule has 22 heavy (non-hydrogen) atoms. The van der Waals surface area contributed by atoms with E-state index in [0.29, 0.717) is 19.8 Å². The molecule has 0 atom stereocenters. The Labute approximate surface area is 151 Å². The Balaban J connectivity index is -0.0000000577. The van der Waals surface area contributed by atoms with Gasteiger partial charge in [0.15, 0.2) is 0 Å². The maximum absolute atomic E-state index is 9.60. The van der Waals surface area contributed by atoms with Crippen LogP contribution >= 0.6 is 0 Å². The third kappa shape index (κ3) is 72.9. The molecule has 0 spiro atoms. The second-order valence-corrected chi connectivity index (χ2v) is 4.32. The van der Waals surface area contributed by atoms with Crippen LogP contribution < -0.4 is 0 Å². The predicted molar refractivity (Wildman–Crippen MR) is 88.4 cm³/mol. The molecule has 0 heterocycles. The maximum Gasteiger partial charge on any atom is 0.330 e. The number of unbranched alkanes of at least 4 members (excludes halogenated alkanes) is 3. The van der Waals surface area contributed by atoms with Crippen LogP contribution in [0.15, 0.2) is 12.2 Å². The molecule has 0 amide bonds. The number of aliphatic hydroxyl groups excluding tert-OH is 3. The first kappa shape index (κ1) is 33.4. The molecule has 0 unspecified atom stereocenters. The summed E-state index contributed by atoms with van der Waals surface area (Å²) in [5.74, 6) is -0.935. The number of rotatable bonds is 7. The zero-order chi connectivity index (χ0) is 17.5. The number of carboxylic acids is 1. The standard InChI is InChI=1S/C4H6O2.3C4H10O.Ti/c1-3(2)4(5)6;3*1-2-3-4-5;/h1H2,2H3,(H,5,6);3*5H,2-4H2,1H3;. The average molecular weight is 356 g/mol. The number of hydrogen-bond donors (Lipinski definition) is 4. The minimum absolute atomic E-state index is 0. The van der Waals surface area contributed by atoms with Crippen molar-refractivity contribution in [1.82, 2.24) is 0 Å². The molecular weight excluding hydrogens is 320 g/mol. The molecular formula is C16H36O5Ti. The summed E-state index contributed by atoms with van der Waals surface area (Å²) in [5, 5.41) is 32.1. The molecule has 0 aliphatic carbocycles. The largest absolute Gasteiger partial charge is 0.478 e.